The number of benzene rings is 3. The van der Waals surface area contributed by atoms with Crippen LogP contribution >= 0.6 is 0 Å². The van der Waals surface area contributed by atoms with Gasteiger partial charge in [-0.2, -0.15) is 0 Å². The second kappa shape index (κ2) is 11.0. The van der Waals surface area contributed by atoms with Gasteiger partial charge >= 0.3 is 0 Å². The van der Waals surface area contributed by atoms with Gasteiger partial charge in [0.2, 0.25) is 5.91 Å². The Morgan fingerprint density at radius 3 is 2.67 bits per heavy atom. The van der Waals surface area contributed by atoms with Gasteiger partial charge in [0.25, 0.3) is 10.0 Å². The van der Waals surface area contributed by atoms with Crippen molar-refractivity contribution in [2.45, 2.75) is 30.6 Å². The van der Waals surface area contributed by atoms with Crippen molar-refractivity contribution in [3.63, 3.8) is 0 Å². The van der Waals surface area contributed by atoms with Crippen LogP contribution < -0.4 is 21.5 Å². The van der Waals surface area contributed by atoms with Gasteiger partial charge in [-0.1, -0.05) is 12.1 Å². The second-order valence-corrected chi connectivity index (χ2v) is 11.7. The van der Waals surface area contributed by atoms with Crippen molar-refractivity contribution < 1.29 is 18.3 Å². The van der Waals surface area contributed by atoms with Gasteiger partial charge in [-0.05, 0) is 86.3 Å². The molecule has 5 rings (SSSR count). The fourth-order valence-electron chi connectivity index (χ4n) is 4.94. The molecular weight excluding hydrogens is 530 g/mol. The molecule has 11 nitrogen and oxygen atoms in total. The van der Waals surface area contributed by atoms with Crippen molar-refractivity contribution in [3.05, 3.63) is 60.2 Å². The molecule has 2 heterocycles. The number of aromatic amines is 1. The van der Waals surface area contributed by atoms with E-state index in [1.165, 1.54) is 12.1 Å². The van der Waals surface area contributed by atoms with Gasteiger partial charge in [0, 0.05) is 23.2 Å². The number of nitrogens with two attached hydrogens (primary N) is 2. The Hall–Kier alpha value is -4.42. The Morgan fingerprint density at radius 1 is 1.15 bits per heavy atom. The molecule has 1 aromatic heterocycles. The molecule has 1 amide bonds. The Bertz CT molecular complexity index is 1710. The number of hydrogen-bond acceptors (Lipinski definition) is 8. The zero-order valence-electron chi connectivity index (χ0n) is 21.7. The molecule has 0 spiro atoms. The van der Waals surface area contributed by atoms with E-state index in [0.717, 1.165) is 25.9 Å². The number of phenolic OH excluding ortho intramolecular Hbond substituents is 1. The number of aromatic nitrogens is 2. The van der Waals surface area contributed by atoms with Crippen LogP contribution in [-0.4, -0.2) is 48.3 Å². The predicted octanol–water partition coefficient (Wildman–Crippen LogP) is 3.05. The fraction of sp³-hybridized carbons (Fsp3) is 0.250. The largest absolute Gasteiger partial charge is 0.507 e. The fourth-order valence-corrected chi connectivity index (χ4v) is 6.01. The Morgan fingerprint density at radius 2 is 1.95 bits per heavy atom. The van der Waals surface area contributed by atoms with Crippen LogP contribution in [0.25, 0.3) is 33.5 Å². The molecule has 1 fully saturated rings. The molecule has 40 heavy (non-hydrogen) atoms. The summed E-state index contributed by atoms with van der Waals surface area (Å²) in [6, 6.07) is 14.2. The van der Waals surface area contributed by atoms with Crippen molar-refractivity contribution >= 4 is 38.5 Å². The van der Waals surface area contributed by atoms with Gasteiger partial charge in [-0.25, -0.2) is 18.1 Å². The van der Waals surface area contributed by atoms with Gasteiger partial charge in [-0.3, -0.25) is 10.2 Å². The van der Waals surface area contributed by atoms with Crippen molar-refractivity contribution in [2.24, 2.45) is 11.7 Å². The molecular formula is C28H31N7O4S. The summed E-state index contributed by atoms with van der Waals surface area (Å²) in [6.07, 6.45) is 2.71. The average molecular weight is 562 g/mol. The number of rotatable bonds is 8. The lowest BCUT2D eigenvalue weighted by Gasteiger charge is -2.22. The number of anilines is 1. The molecule has 1 aliphatic rings. The van der Waals surface area contributed by atoms with Crippen LogP contribution in [0, 0.1) is 11.3 Å². The Kier molecular flexibility index (Phi) is 7.46. The van der Waals surface area contributed by atoms with E-state index in [2.05, 4.69) is 20.0 Å². The van der Waals surface area contributed by atoms with Crippen LogP contribution in [0.3, 0.4) is 0 Å². The number of nitrogen functional groups attached to an aromatic ring is 2. The molecule has 3 aromatic carbocycles. The molecule has 0 aliphatic carbocycles. The number of imidazole rings is 1. The minimum absolute atomic E-state index is 0.0840. The highest BCUT2D eigenvalue weighted by Gasteiger charge is 2.25. The zero-order valence-corrected chi connectivity index (χ0v) is 22.5. The first-order valence-electron chi connectivity index (χ1n) is 12.9. The summed E-state index contributed by atoms with van der Waals surface area (Å²) in [4.78, 5) is 20.1. The monoisotopic (exact) mass is 561 g/mol. The van der Waals surface area contributed by atoms with Gasteiger partial charge < -0.3 is 26.9 Å². The highest BCUT2D eigenvalue weighted by atomic mass is 32.2. The molecule has 0 saturated carbocycles. The van der Waals surface area contributed by atoms with Crippen LogP contribution in [-0.2, 0) is 14.8 Å². The van der Waals surface area contributed by atoms with E-state index in [1.807, 2.05) is 0 Å². The first-order chi connectivity index (χ1) is 19.1. The van der Waals surface area contributed by atoms with Crippen LogP contribution in [0.15, 0.2) is 59.5 Å². The number of amidine groups is 1. The number of amides is 1. The molecule has 0 bridgehead atoms. The number of nitrogens with one attached hydrogen (secondary N) is 4. The van der Waals surface area contributed by atoms with Crippen molar-refractivity contribution in [2.75, 3.05) is 18.8 Å². The molecule has 208 valence electrons. The smallest absolute Gasteiger partial charge is 0.264 e. The summed E-state index contributed by atoms with van der Waals surface area (Å²) >= 11 is 0. The van der Waals surface area contributed by atoms with Crippen LogP contribution in [0.1, 0.15) is 31.2 Å². The third-order valence-corrected chi connectivity index (χ3v) is 8.42. The summed E-state index contributed by atoms with van der Waals surface area (Å²) in [5.74, 6) is -0.396. The third kappa shape index (κ3) is 5.77. The molecule has 0 radical (unpaired) electrons. The first kappa shape index (κ1) is 27.2. The lowest BCUT2D eigenvalue weighted by molar-refractivity contribution is -0.119. The average Bonchev–Trinajstić information content (AvgIpc) is 3.35. The SMILES string of the molecule is N=C(N)c1ccc2nc(-c3cc(S(=O)(=O)NC(=O)CCC4CCCNC4)cc(-c4cccc(N)c4)c3O)[nH]c2c1. The lowest BCUT2D eigenvalue weighted by atomic mass is 9.95. The van der Waals surface area contributed by atoms with Gasteiger partial charge in [0.15, 0.2) is 0 Å². The molecule has 4 aromatic rings. The van der Waals surface area contributed by atoms with Crippen LogP contribution in [0.5, 0.6) is 5.75 Å². The summed E-state index contributed by atoms with van der Waals surface area (Å²) in [7, 11) is -4.29. The maximum absolute atomic E-state index is 13.4. The minimum Gasteiger partial charge on any atom is -0.507 e. The molecule has 1 saturated heterocycles. The van der Waals surface area contributed by atoms with E-state index in [9.17, 15) is 18.3 Å². The Labute approximate surface area is 231 Å². The summed E-state index contributed by atoms with van der Waals surface area (Å²) in [5, 5.41) is 22.3. The highest BCUT2D eigenvalue weighted by molar-refractivity contribution is 7.90. The maximum Gasteiger partial charge on any atom is 0.264 e. The van der Waals surface area contributed by atoms with Crippen molar-refractivity contribution in [3.8, 4) is 28.3 Å². The number of carbonyl (C=O) groups is 1. The number of nitrogens with zero attached hydrogens (tertiary/aromatic N) is 1. The summed E-state index contributed by atoms with van der Waals surface area (Å²) < 4.78 is 29.0. The number of carbonyl (C=O) groups excluding carboxylic acids is 1. The second-order valence-electron chi connectivity index (χ2n) is 10.0. The van der Waals surface area contributed by atoms with Gasteiger partial charge in [0.05, 0.1) is 21.5 Å². The van der Waals surface area contributed by atoms with E-state index in [1.54, 1.807) is 42.5 Å². The number of aromatic hydroxyl groups is 1. The Balaban J connectivity index is 1.54. The molecule has 9 N–H and O–H groups in total. The molecule has 12 heteroatoms. The van der Waals surface area contributed by atoms with E-state index in [4.69, 9.17) is 16.9 Å². The number of piperidine rings is 1. The topological polar surface area (TPSA) is 200 Å². The summed E-state index contributed by atoms with van der Waals surface area (Å²) in [6.45, 7) is 1.77. The van der Waals surface area contributed by atoms with Crippen molar-refractivity contribution in [1.82, 2.24) is 20.0 Å². The van der Waals surface area contributed by atoms with E-state index >= 15 is 0 Å². The number of fused-ring (bicyclic) bond motifs is 1. The number of hydrogen-bond donors (Lipinski definition) is 7. The predicted molar refractivity (Wildman–Crippen MR) is 154 cm³/mol. The van der Waals surface area contributed by atoms with Gasteiger partial charge in [0.1, 0.15) is 17.4 Å². The van der Waals surface area contributed by atoms with Crippen molar-refractivity contribution in [1.29, 1.82) is 5.41 Å². The number of phenols is 1. The van der Waals surface area contributed by atoms with E-state index in [0.29, 0.717) is 40.2 Å². The van der Waals surface area contributed by atoms with E-state index < -0.39 is 15.9 Å². The summed E-state index contributed by atoms with van der Waals surface area (Å²) in [5.41, 5.74) is 14.4. The normalized spacial score (nSPS) is 15.7. The molecule has 1 aliphatic heterocycles. The zero-order chi connectivity index (χ0) is 28.4. The van der Waals surface area contributed by atoms with Crippen LogP contribution in [0.2, 0.25) is 0 Å². The highest BCUT2D eigenvalue weighted by Crippen LogP contribution is 2.40. The van der Waals surface area contributed by atoms with Gasteiger partial charge in [-0.15, -0.1) is 0 Å². The number of sulfonamides is 1. The third-order valence-electron chi connectivity index (χ3n) is 7.07. The van der Waals surface area contributed by atoms with Crippen LogP contribution in [0.4, 0.5) is 5.69 Å². The standard InChI is InChI=1S/C28H31N7O4S/c29-19-5-1-4-17(11-19)21-13-20(40(38,39)35-25(36)9-6-16-3-2-10-32-15-16)14-22(26(21)37)28-33-23-8-7-18(27(30)31)12-24(23)34-28/h1,4-5,7-8,11-14,16,32,37H,2-3,6,9-10,15,29H2,(H3,30,31)(H,33,34)(H,35,36). The minimum atomic E-state index is -4.29. The lowest BCUT2D eigenvalue weighted by Crippen LogP contribution is -2.33. The maximum atomic E-state index is 13.4. The number of H-pyrrole nitrogens is 1. The quantitative estimate of drug-likeness (QED) is 0.0966. The van der Waals surface area contributed by atoms with E-state index in [-0.39, 0.29) is 39.9 Å². The molecule has 1 atom stereocenters. The molecule has 1 unspecified atom stereocenters. The first-order valence-corrected chi connectivity index (χ1v) is 14.4.